The fraction of sp³-hybridized carbons (Fsp3) is 0.267. The lowest BCUT2D eigenvalue weighted by atomic mass is 10.2. The van der Waals surface area contributed by atoms with Crippen molar-refractivity contribution in [2.75, 3.05) is 18.0 Å². The van der Waals surface area contributed by atoms with Crippen molar-refractivity contribution in [2.45, 2.75) is 13.3 Å². The number of benzene rings is 1. The topological polar surface area (TPSA) is 42.2 Å². The van der Waals surface area contributed by atoms with Gasteiger partial charge >= 0.3 is 0 Å². The van der Waals surface area contributed by atoms with Gasteiger partial charge in [-0.05, 0) is 55.8 Å². The second-order valence-electron chi connectivity index (χ2n) is 4.47. The van der Waals surface area contributed by atoms with Crippen LogP contribution >= 0.6 is 0 Å². The average Bonchev–Trinajstić information content (AvgIpc) is 2.39. The quantitative estimate of drug-likeness (QED) is 0.897. The molecule has 1 heterocycles. The highest BCUT2D eigenvalue weighted by molar-refractivity contribution is 5.60. The molecule has 0 atom stereocenters. The predicted molar refractivity (Wildman–Crippen MR) is 76.1 cm³/mol. The first-order valence-corrected chi connectivity index (χ1v) is 6.36. The van der Waals surface area contributed by atoms with E-state index in [1.54, 1.807) is 12.3 Å². The largest absolute Gasteiger partial charge is 0.330 e. The summed E-state index contributed by atoms with van der Waals surface area (Å²) >= 11 is 0. The summed E-state index contributed by atoms with van der Waals surface area (Å²) in [6.07, 6.45) is 2.59. The summed E-state index contributed by atoms with van der Waals surface area (Å²) in [5.74, 6) is 0.571. The maximum absolute atomic E-state index is 13.4. The number of halogens is 1. The molecular weight excluding hydrogens is 241 g/mol. The lowest BCUT2D eigenvalue weighted by Crippen LogP contribution is -2.22. The zero-order chi connectivity index (χ0) is 13.7. The third-order valence-electron chi connectivity index (χ3n) is 2.88. The Morgan fingerprint density at radius 3 is 2.79 bits per heavy atom. The minimum Gasteiger partial charge on any atom is -0.330 e. The van der Waals surface area contributed by atoms with E-state index in [0.29, 0.717) is 6.54 Å². The van der Waals surface area contributed by atoms with Crippen molar-refractivity contribution < 1.29 is 4.39 Å². The van der Waals surface area contributed by atoms with Gasteiger partial charge in [0.05, 0.1) is 0 Å². The summed E-state index contributed by atoms with van der Waals surface area (Å²) in [7, 11) is 0. The molecule has 0 amide bonds. The van der Waals surface area contributed by atoms with Gasteiger partial charge in [-0.15, -0.1) is 0 Å². The summed E-state index contributed by atoms with van der Waals surface area (Å²) in [5.41, 5.74) is 7.49. The van der Waals surface area contributed by atoms with Crippen LogP contribution in [0.15, 0.2) is 42.6 Å². The molecule has 2 aromatic rings. The molecular formula is C15H18FN3. The van der Waals surface area contributed by atoms with E-state index >= 15 is 0 Å². The third-order valence-corrected chi connectivity index (χ3v) is 2.88. The van der Waals surface area contributed by atoms with E-state index in [1.807, 2.05) is 30.0 Å². The molecule has 0 fully saturated rings. The van der Waals surface area contributed by atoms with Gasteiger partial charge in [0.2, 0.25) is 0 Å². The average molecular weight is 259 g/mol. The fourth-order valence-electron chi connectivity index (χ4n) is 1.94. The number of aromatic nitrogens is 1. The Morgan fingerprint density at radius 1 is 1.26 bits per heavy atom. The number of nitrogens with zero attached hydrogens (tertiary/aromatic N) is 2. The minimum atomic E-state index is -0.247. The van der Waals surface area contributed by atoms with Crippen molar-refractivity contribution in [3.05, 3.63) is 54.0 Å². The molecule has 0 aliphatic rings. The molecule has 0 radical (unpaired) electrons. The van der Waals surface area contributed by atoms with Gasteiger partial charge < -0.3 is 10.6 Å². The SMILES string of the molecule is Cc1ccnc(N(CCCN)c2cccc(F)c2)c1. The van der Waals surface area contributed by atoms with Gasteiger partial charge in [0.1, 0.15) is 11.6 Å². The number of aryl methyl sites for hydroxylation is 1. The summed E-state index contributed by atoms with van der Waals surface area (Å²) in [4.78, 5) is 6.35. The van der Waals surface area contributed by atoms with Crippen LogP contribution in [0.5, 0.6) is 0 Å². The maximum atomic E-state index is 13.4. The first kappa shape index (κ1) is 13.5. The van der Waals surface area contributed by atoms with Crippen LogP contribution in [0.3, 0.4) is 0 Å². The van der Waals surface area contributed by atoms with Crippen molar-refractivity contribution >= 4 is 11.5 Å². The summed E-state index contributed by atoms with van der Waals surface area (Å²) in [5, 5.41) is 0. The van der Waals surface area contributed by atoms with E-state index in [1.165, 1.54) is 12.1 Å². The molecule has 2 rings (SSSR count). The lowest BCUT2D eigenvalue weighted by Gasteiger charge is -2.24. The Bertz CT molecular complexity index is 497. The predicted octanol–water partition coefficient (Wildman–Crippen LogP) is 3.02. The molecule has 4 heteroatoms. The Morgan fingerprint density at radius 2 is 2.11 bits per heavy atom. The highest BCUT2D eigenvalue weighted by Crippen LogP contribution is 2.24. The van der Waals surface area contributed by atoms with Crippen molar-refractivity contribution in [3.8, 4) is 0 Å². The van der Waals surface area contributed by atoms with Crippen LogP contribution in [0.2, 0.25) is 0 Å². The molecule has 19 heavy (non-hydrogen) atoms. The van der Waals surface area contributed by atoms with Gasteiger partial charge in [-0.25, -0.2) is 9.37 Å². The van der Waals surface area contributed by atoms with Gasteiger partial charge in [-0.2, -0.15) is 0 Å². The van der Waals surface area contributed by atoms with Crippen LogP contribution in [0, 0.1) is 12.7 Å². The highest BCUT2D eigenvalue weighted by atomic mass is 19.1. The molecule has 1 aromatic heterocycles. The number of anilines is 2. The smallest absolute Gasteiger partial charge is 0.133 e. The van der Waals surface area contributed by atoms with E-state index in [0.717, 1.165) is 30.0 Å². The minimum absolute atomic E-state index is 0.247. The molecule has 0 aliphatic heterocycles. The van der Waals surface area contributed by atoms with Crippen LogP contribution < -0.4 is 10.6 Å². The Labute approximate surface area is 112 Å². The van der Waals surface area contributed by atoms with Crippen LogP contribution in [0.4, 0.5) is 15.9 Å². The molecule has 0 unspecified atom stereocenters. The molecule has 0 bridgehead atoms. The highest BCUT2D eigenvalue weighted by Gasteiger charge is 2.10. The monoisotopic (exact) mass is 259 g/mol. The summed E-state index contributed by atoms with van der Waals surface area (Å²) in [6, 6.07) is 10.5. The molecule has 2 N–H and O–H groups in total. The molecule has 0 saturated heterocycles. The summed E-state index contributed by atoms with van der Waals surface area (Å²) in [6.45, 7) is 3.33. The zero-order valence-corrected chi connectivity index (χ0v) is 11.0. The second kappa shape index (κ2) is 6.29. The number of pyridine rings is 1. The van der Waals surface area contributed by atoms with E-state index in [4.69, 9.17) is 5.73 Å². The molecule has 0 aliphatic carbocycles. The van der Waals surface area contributed by atoms with Crippen LogP contribution in [-0.2, 0) is 0 Å². The van der Waals surface area contributed by atoms with Gasteiger partial charge in [-0.1, -0.05) is 6.07 Å². The zero-order valence-electron chi connectivity index (χ0n) is 11.0. The molecule has 1 aromatic carbocycles. The van der Waals surface area contributed by atoms with Gasteiger partial charge in [0.25, 0.3) is 0 Å². The fourth-order valence-corrected chi connectivity index (χ4v) is 1.94. The van der Waals surface area contributed by atoms with Crippen LogP contribution in [-0.4, -0.2) is 18.1 Å². The normalized spacial score (nSPS) is 10.5. The van der Waals surface area contributed by atoms with Gasteiger partial charge in [0, 0.05) is 18.4 Å². The first-order chi connectivity index (χ1) is 9.20. The second-order valence-corrected chi connectivity index (χ2v) is 4.47. The van der Waals surface area contributed by atoms with Crippen molar-refractivity contribution in [2.24, 2.45) is 5.73 Å². The number of hydrogen-bond donors (Lipinski definition) is 1. The molecule has 0 saturated carbocycles. The van der Waals surface area contributed by atoms with E-state index in [9.17, 15) is 4.39 Å². The van der Waals surface area contributed by atoms with E-state index in [2.05, 4.69) is 4.98 Å². The molecule has 100 valence electrons. The summed E-state index contributed by atoms with van der Waals surface area (Å²) < 4.78 is 13.4. The maximum Gasteiger partial charge on any atom is 0.133 e. The van der Waals surface area contributed by atoms with Crippen LogP contribution in [0.25, 0.3) is 0 Å². The Kier molecular flexibility index (Phi) is 4.47. The standard InChI is InChI=1S/C15H18FN3/c1-12-6-8-18-15(10-12)19(9-3-7-17)14-5-2-4-13(16)11-14/h2,4-6,8,10-11H,3,7,9,17H2,1H3. The number of hydrogen-bond acceptors (Lipinski definition) is 3. The van der Waals surface area contributed by atoms with E-state index in [-0.39, 0.29) is 5.82 Å². The van der Waals surface area contributed by atoms with Crippen molar-refractivity contribution in [3.63, 3.8) is 0 Å². The number of nitrogens with two attached hydrogens (primary N) is 1. The third kappa shape index (κ3) is 3.51. The van der Waals surface area contributed by atoms with Crippen LogP contribution in [0.1, 0.15) is 12.0 Å². The number of rotatable bonds is 5. The van der Waals surface area contributed by atoms with Crippen molar-refractivity contribution in [1.82, 2.24) is 4.98 Å². The van der Waals surface area contributed by atoms with E-state index < -0.39 is 0 Å². The van der Waals surface area contributed by atoms with Gasteiger partial charge in [0.15, 0.2) is 0 Å². The van der Waals surface area contributed by atoms with Gasteiger partial charge in [-0.3, -0.25) is 0 Å². The first-order valence-electron chi connectivity index (χ1n) is 6.36. The molecule has 0 spiro atoms. The molecule has 3 nitrogen and oxygen atoms in total. The Hall–Kier alpha value is -1.94. The Balaban J connectivity index is 2.35. The lowest BCUT2D eigenvalue weighted by molar-refractivity contribution is 0.627. The van der Waals surface area contributed by atoms with Crippen molar-refractivity contribution in [1.29, 1.82) is 0 Å².